The van der Waals surface area contributed by atoms with E-state index in [2.05, 4.69) is 17.4 Å². The fourth-order valence-electron chi connectivity index (χ4n) is 2.85. The topological polar surface area (TPSA) is 30.5 Å². The number of nitrogens with one attached hydrogen (secondary N) is 1. The van der Waals surface area contributed by atoms with E-state index in [0.717, 1.165) is 35.1 Å². The first-order valence-corrected chi connectivity index (χ1v) is 7.33. The highest BCUT2D eigenvalue weighted by Crippen LogP contribution is 2.32. The number of halogens is 1. The fraction of sp³-hybridized carbons (Fsp3) is 0.294. The molecule has 0 bridgehead atoms. The summed E-state index contributed by atoms with van der Waals surface area (Å²) in [5, 5.41) is 4.36. The van der Waals surface area contributed by atoms with Crippen molar-refractivity contribution in [3.8, 4) is 11.5 Å². The molecule has 1 N–H and O–H groups in total. The Morgan fingerprint density at radius 3 is 2.48 bits per heavy atom. The molecule has 1 atom stereocenters. The molecule has 1 aliphatic carbocycles. The maximum Gasteiger partial charge on any atom is 0.162 e. The molecule has 21 heavy (non-hydrogen) atoms. The van der Waals surface area contributed by atoms with Crippen LogP contribution in [0.3, 0.4) is 0 Å². The zero-order chi connectivity index (χ0) is 14.8. The van der Waals surface area contributed by atoms with Crippen LogP contribution in [0.4, 0.5) is 5.69 Å². The Bertz CT molecular complexity index is 657. The molecule has 2 aromatic carbocycles. The Morgan fingerprint density at radius 1 is 0.952 bits per heavy atom. The van der Waals surface area contributed by atoms with E-state index in [1.54, 1.807) is 14.2 Å². The highest BCUT2D eigenvalue weighted by Gasteiger charge is 2.21. The van der Waals surface area contributed by atoms with Crippen LogP contribution in [-0.2, 0) is 12.8 Å². The van der Waals surface area contributed by atoms with Crippen molar-refractivity contribution in [3.63, 3.8) is 0 Å². The molecular weight excluding hydrogens is 286 g/mol. The molecule has 0 saturated carbocycles. The molecule has 1 unspecified atom stereocenters. The molecule has 110 valence electrons. The van der Waals surface area contributed by atoms with E-state index >= 15 is 0 Å². The average molecular weight is 304 g/mol. The summed E-state index contributed by atoms with van der Waals surface area (Å²) in [6.45, 7) is 0. The van der Waals surface area contributed by atoms with Gasteiger partial charge in [0, 0.05) is 22.8 Å². The maximum absolute atomic E-state index is 6.05. The third kappa shape index (κ3) is 2.93. The summed E-state index contributed by atoms with van der Waals surface area (Å²) < 4.78 is 10.6. The van der Waals surface area contributed by atoms with E-state index in [1.165, 1.54) is 11.1 Å². The second-order valence-corrected chi connectivity index (χ2v) is 5.67. The molecule has 4 heteroatoms. The van der Waals surface area contributed by atoms with Gasteiger partial charge in [0.2, 0.25) is 0 Å². The van der Waals surface area contributed by atoms with Gasteiger partial charge in [0.25, 0.3) is 0 Å². The minimum atomic E-state index is 0.386. The second kappa shape index (κ2) is 5.86. The fourth-order valence-corrected chi connectivity index (χ4v) is 3.05. The zero-order valence-corrected chi connectivity index (χ0v) is 12.9. The van der Waals surface area contributed by atoms with E-state index in [-0.39, 0.29) is 0 Å². The number of benzene rings is 2. The van der Waals surface area contributed by atoms with E-state index in [0.29, 0.717) is 6.04 Å². The predicted octanol–water partition coefficient (Wildman–Crippen LogP) is 3.94. The van der Waals surface area contributed by atoms with E-state index in [9.17, 15) is 0 Å². The van der Waals surface area contributed by atoms with Gasteiger partial charge in [0.15, 0.2) is 11.5 Å². The van der Waals surface area contributed by atoms with Crippen LogP contribution in [-0.4, -0.2) is 20.3 Å². The molecular formula is C17H18ClNO2. The van der Waals surface area contributed by atoms with Crippen molar-refractivity contribution in [2.75, 3.05) is 19.5 Å². The molecule has 0 spiro atoms. The van der Waals surface area contributed by atoms with E-state index in [4.69, 9.17) is 21.1 Å². The Labute approximate surface area is 129 Å². The van der Waals surface area contributed by atoms with Gasteiger partial charge in [0.05, 0.1) is 14.2 Å². The van der Waals surface area contributed by atoms with Crippen molar-refractivity contribution in [1.82, 2.24) is 0 Å². The number of fused-ring (bicyclic) bond motifs is 1. The standard InChI is InChI=1S/C17H18ClNO2/c1-20-16-6-5-14(10-17(16)21-2)19-15-8-11-3-4-13(18)7-12(11)9-15/h3-7,10,15,19H,8-9H2,1-2H3. The molecule has 0 radical (unpaired) electrons. The Hall–Kier alpha value is -1.87. The highest BCUT2D eigenvalue weighted by molar-refractivity contribution is 6.30. The molecule has 0 aliphatic heterocycles. The average Bonchev–Trinajstić information content (AvgIpc) is 2.88. The van der Waals surface area contributed by atoms with Crippen molar-refractivity contribution in [2.24, 2.45) is 0 Å². The lowest BCUT2D eigenvalue weighted by Gasteiger charge is -2.15. The predicted molar refractivity (Wildman–Crippen MR) is 85.8 cm³/mol. The highest BCUT2D eigenvalue weighted by atomic mass is 35.5. The third-order valence-electron chi connectivity index (χ3n) is 3.86. The van der Waals surface area contributed by atoms with E-state index in [1.807, 2.05) is 24.3 Å². The summed E-state index contributed by atoms with van der Waals surface area (Å²) >= 11 is 6.05. The molecule has 0 saturated heterocycles. The molecule has 1 aliphatic rings. The first-order chi connectivity index (χ1) is 10.2. The maximum atomic E-state index is 6.05. The van der Waals surface area contributed by atoms with E-state index < -0.39 is 0 Å². The smallest absolute Gasteiger partial charge is 0.162 e. The lowest BCUT2D eigenvalue weighted by atomic mass is 10.1. The molecule has 3 nitrogen and oxygen atoms in total. The lowest BCUT2D eigenvalue weighted by Crippen LogP contribution is -2.19. The number of ether oxygens (including phenoxy) is 2. The first-order valence-electron chi connectivity index (χ1n) is 6.95. The SMILES string of the molecule is COc1ccc(NC2Cc3ccc(Cl)cc3C2)cc1OC. The largest absolute Gasteiger partial charge is 0.493 e. The molecule has 0 heterocycles. The second-order valence-electron chi connectivity index (χ2n) is 5.23. The summed E-state index contributed by atoms with van der Waals surface area (Å²) in [5.74, 6) is 1.48. The normalized spacial score (nSPS) is 16.4. The molecule has 0 aromatic heterocycles. The van der Waals surface area contributed by atoms with Gasteiger partial charge in [-0.1, -0.05) is 17.7 Å². The van der Waals surface area contributed by atoms with Crippen LogP contribution < -0.4 is 14.8 Å². The van der Waals surface area contributed by atoms with Gasteiger partial charge < -0.3 is 14.8 Å². The molecule has 2 aromatic rings. The van der Waals surface area contributed by atoms with Gasteiger partial charge in [-0.25, -0.2) is 0 Å². The summed E-state index contributed by atoms with van der Waals surface area (Å²) in [4.78, 5) is 0. The first kappa shape index (κ1) is 14.1. The van der Waals surface area contributed by atoms with Crippen molar-refractivity contribution in [1.29, 1.82) is 0 Å². The van der Waals surface area contributed by atoms with Gasteiger partial charge in [-0.3, -0.25) is 0 Å². The number of hydrogen-bond donors (Lipinski definition) is 1. The minimum absolute atomic E-state index is 0.386. The van der Waals surface area contributed by atoms with Crippen LogP contribution in [0.25, 0.3) is 0 Å². The van der Waals surface area contributed by atoms with Crippen molar-refractivity contribution >= 4 is 17.3 Å². The summed E-state index contributed by atoms with van der Waals surface area (Å²) in [6.07, 6.45) is 2.01. The molecule has 0 amide bonds. The van der Waals surface area contributed by atoms with Gasteiger partial charge in [-0.15, -0.1) is 0 Å². The Morgan fingerprint density at radius 2 is 1.71 bits per heavy atom. The summed E-state index contributed by atoms with van der Waals surface area (Å²) in [7, 11) is 3.29. The minimum Gasteiger partial charge on any atom is -0.493 e. The van der Waals surface area contributed by atoms with Gasteiger partial charge >= 0.3 is 0 Å². The van der Waals surface area contributed by atoms with Crippen LogP contribution in [0.2, 0.25) is 5.02 Å². The monoisotopic (exact) mass is 303 g/mol. The zero-order valence-electron chi connectivity index (χ0n) is 12.2. The van der Waals surface area contributed by atoms with Gasteiger partial charge in [0.1, 0.15) is 0 Å². The lowest BCUT2D eigenvalue weighted by molar-refractivity contribution is 0.355. The van der Waals surface area contributed by atoms with Crippen molar-refractivity contribution in [2.45, 2.75) is 18.9 Å². The summed E-state index contributed by atoms with van der Waals surface area (Å²) in [5.41, 5.74) is 3.74. The van der Waals surface area contributed by atoms with Crippen LogP contribution in [0, 0.1) is 0 Å². The van der Waals surface area contributed by atoms with Crippen molar-refractivity contribution < 1.29 is 9.47 Å². The number of rotatable bonds is 4. The number of anilines is 1. The summed E-state index contributed by atoms with van der Waals surface area (Å²) in [6, 6.07) is 12.4. The van der Waals surface area contributed by atoms with Gasteiger partial charge in [-0.2, -0.15) is 0 Å². The van der Waals surface area contributed by atoms with Crippen LogP contribution in [0.15, 0.2) is 36.4 Å². The van der Waals surface area contributed by atoms with Crippen LogP contribution in [0.5, 0.6) is 11.5 Å². The third-order valence-corrected chi connectivity index (χ3v) is 4.09. The van der Waals surface area contributed by atoms with Crippen LogP contribution in [0.1, 0.15) is 11.1 Å². The quantitative estimate of drug-likeness (QED) is 0.928. The number of hydrogen-bond acceptors (Lipinski definition) is 3. The van der Waals surface area contributed by atoms with Gasteiger partial charge in [-0.05, 0) is 48.2 Å². The Kier molecular flexibility index (Phi) is 3.93. The molecule has 0 fully saturated rings. The van der Waals surface area contributed by atoms with Crippen LogP contribution >= 0.6 is 11.6 Å². The van der Waals surface area contributed by atoms with Crippen molar-refractivity contribution in [3.05, 3.63) is 52.5 Å². The molecule has 3 rings (SSSR count). The Balaban J connectivity index is 1.74. The number of methoxy groups -OCH3 is 2.